The van der Waals surface area contributed by atoms with Gasteiger partial charge in [-0.05, 0) is 57.2 Å². The summed E-state index contributed by atoms with van der Waals surface area (Å²) in [5, 5.41) is 0. The average molecular weight is 425 g/mol. The molecule has 2 N–H and O–H groups in total. The number of hydrogen-bond donors (Lipinski definition) is 1. The number of carbonyl (C=O) groups is 1. The van der Waals surface area contributed by atoms with Crippen molar-refractivity contribution in [2.45, 2.75) is 38.6 Å². The van der Waals surface area contributed by atoms with Crippen molar-refractivity contribution in [3.05, 3.63) is 41.9 Å². The van der Waals surface area contributed by atoms with Gasteiger partial charge in [0.1, 0.15) is 0 Å². The van der Waals surface area contributed by atoms with E-state index in [-0.39, 0.29) is 5.92 Å². The highest BCUT2D eigenvalue weighted by molar-refractivity contribution is 5.79. The van der Waals surface area contributed by atoms with Crippen LogP contribution in [-0.4, -0.2) is 63.9 Å². The Morgan fingerprint density at radius 3 is 2.48 bits per heavy atom. The molecule has 0 saturated carbocycles. The van der Waals surface area contributed by atoms with Crippen molar-refractivity contribution in [3.63, 3.8) is 0 Å². The number of carbonyl (C=O) groups excluding carboxylic acids is 1. The van der Waals surface area contributed by atoms with E-state index in [1.54, 1.807) is 19.5 Å². The Labute approximate surface area is 183 Å². The largest absolute Gasteiger partial charge is 0.481 e. The summed E-state index contributed by atoms with van der Waals surface area (Å²) in [5.41, 5.74) is 7.69. The molecule has 31 heavy (non-hydrogen) atoms. The van der Waals surface area contributed by atoms with Crippen LogP contribution in [0.4, 0.5) is 5.95 Å². The molecular formula is C23H32N6O2. The van der Waals surface area contributed by atoms with Gasteiger partial charge in [0.15, 0.2) is 0 Å². The minimum absolute atomic E-state index is 0.149. The Morgan fingerprint density at radius 1 is 1.10 bits per heavy atom. The predicted molar refractivity (Wildman–Crippen MR) is 118 cm³/mol. The topological polar surface area (TPSA) is 97.5 Å². The lowest BCUT2D eigenvalue weighted by molar-refractivity contribution is -0.138. The number of ether oxygens (including phenoxy) is 1. The molecule has 0 aromatic carbocycles. The zero-order chi connectivity index (χ0) is 21.6. The molecule has 2 aromatic heterocycles. The lowest BCUT2D eigenvalue weighted by atomic mass is 9.89. The van der Waals surface area contributed by atoms with Crippen molar-refractivity contribution in [2.24, 2.45) is 11.8 Å². The van der Waals surface area contributed by atoms with Crippen molar-refractivity contribution in [2.75, 3.05) is 39.0 Å². The third kappa shape index (κ3) is 5.70. The summed E-state index contributed by atoms with van der Waals surface area (Å²) in [7, 11) is 1.65. The Morgan fingerprint density at radius 2 is 1.81 bits per heavy atom. The number of amides is 1. The maximum absolute atomic E-state index is 13.0. The monoisotopic (exact) mass is 424 g/mol. The number of piperidine rings is 2. The second-order valence-electron chi connectivity index (χ2n) is 8.64. The maximum atomic E-state index is 13.0. The van der Waals surface area contributed by atoms with Crippen LogP contribution >= 0.6 is 0 Å². The van der Waals surface area contributed by atoms with Crippen LogP contribution in [0.5, 0.6) is 5.88 Å². The quantitative estimate of drug-likeness (QED) is 0.759. The highest BCUT2D eigenvalue weighted by Crippen LogP contribution is 2.26. The van der Waals surface area contributed by atoms with Crippen LogP contribution in [0.25, 0.3) is 0 Å². The average Bonchev–Trinajstić information content (AvgIpc) is 2.81. The van der Waals surface area contributed by atoms with Crippen LogP contribution in [0, 0.1) is 11.8 Å². The molecule has 4 rings (SSSR count). The van der Waals surface area contributed by atoms with Gasteiger partial charge in [-0.2, -0.15) is 0 Å². The number of aromatic nitrogens is 3. The Kier molecular flexibility index (Phi) is 6.96. The molecule has 0 atom stereocenters. The van der Waals surface area contributed by atoms with Gasteiger partial charge in [-0.15, -0.1) is 0 Å². The number of nitrogens with two attached hydrogens (primary N) is 1. The number of nitrogen functional groups attached to an aromatic ring is 1. The van der Waals surface area contributed by atoms with Crippen molar-refractivity contribution >= 4 is 11.9 Å². The van der Waals surface area contributed by atoms with Crippen LogP contribution in [0.2, 0.25) is 0 Å². The normalized spacial score (nSPS) is 18.8. The first-order chi connectivity index (χ1) is 15.1. The van der Waals surface area contributed by atoms with Gasteiger partial charge in [-0.1, -0.05) is 6.07 Å². The Balaban J connectivity index is 1.20. The van der Waals surface area contributed by atoms with E-state index < -0.39 is 0 Å². The zero-order valence-corrected chi connectivity index (χ0v) is 18.2. The molecule has 166 valence electrons. The van der Waals surface area contributed by atoms with E-state index in [4.69, 9.17) is 10.5 Å². The van der Waals surface area contributed by atoms with Gasteiger partial charge < -0.3 is 15.4 Å². The van der Waals surface area contributed by atoms with Crippen LogP contribution in [0.15, 0.2) is 30.6 Å². The fourth-order valence-electron chi connectivity index (χ4n) is 4.64. The van der Waals surface area contributed by atoms with E-state index in [0.717, 1.165) is 76.1 Å². The first kappa shape index (κ1) is 21.5. The molecule has 0 unspecified atom stereocenters. The third-order valence-electron chi connectivity index (χ3n) is 6.48. The number of pyridine rings is 1. The molecule has 0 aliphatic carbocycles. The van der Waals surface area contributed by atoms with Crippen LogP contribution in [0.1, 0.15) is 36.9 Å². The van der Waals surface area contributed by atoms with Crippen molar-refractivity contribution in [1.82, 2.24) is 24.8 Å². The Hall–Kier alpha value is -2.74. The molecule has 0 spiro atoms. The minimum atomic E-state index is 0.149. The van der Waals surface area contributed by atoms with Gasteiger partial charge in [0, 0.05) is 55.3 Å². The first-order valence-electron chi connectivity index (χ1n) is 11.2. The molecule has 1 amide bonds. The molecule has 2 aromatic rings. The lowest BCUT2D eigenvalue weighted by Gasteiger charge is -2.37. The number of rotatable bonds is 6. The molecule has 8 heteroatoms. The van der Waals surface area contributed by atoms with E-state index >= 15 is 0 Å². The second-order valence-corrected chi connectivity index (χ2v) is 8.64. The highest BCUT2D eigenvalue weighted by Gasteiger charge is 2.31. The van der Waals surface area contributed by atoms with Crippen LogP contribution in [0.3, 0.4) is 0 Å². The maximum Gasteiger partial charge on any atom is 0.225 e. The molecule has 2 saturated heterocycles. The standard InChI is InChI=1S/C23H32N6O2/c1-31-21-4-2-3-20(27-21)13-17-5-11-29(12-6-17)22(30)19-7-9-28(10-8-19)16-18-14-25-23(24)26-15-18/h2-4,14-15,17,19H,5-13,16H2,1H3,(H2,24,25,26). The number of methoxy groups -OCH3 is 1. The molecule has 4 heterocycles. The molecular weight excluding hydrogens is 392 g/mol. The number of likely N-dealkylation sites (tertiary alicyclic amines) is 2. The highest BCUT2D eigenvalue weighted by atomic mass is 16.5. The fourth-order valence-corrected chi connectivity index (χ4v) is 4.64. The van der Waals surface area contributed by atoms with Crippen LogP contribution in [-0.2, 0) is 17.8 Å². The van der Waals surface area contributed by atoms with Gasteiger partial charge in [0.05, 0.1) is 7.11 Å². The summed E-state index contributed by atoms with van der Waals surface area (Å²) in [4.78, 5) is 30.2. The van der Waals surface area contributed by atoms with E-state index in [1.807, 2.05) is 12.1 Å². The summed E-state index contributed by atoms with van der Waals surface area (Å²) < 4.78 is 5.23. The van der Waals surface area contributed by atoms with E-state index in [9.17, 15) is 4.79 Å². The molecule has 0 radical (unpaired) electrons. The summed E-state index contributed by atoms with van der Waals surface area (Å²) in [6.45, 7) is 4.38. The van der Waals surface area contributed by atoms with Crippen molar-refractivity contribution < 1.29 is 9.53 Å². The number of nitrogens with zero attached hydrogens (tertiary/aromatic N) is 5. The molecule has 0 bridgehead atoms. The Bertz CT molecular complexity index is 859. The summed E-state index contributed by atoms with van der Waals surface area (Å²) in [6, 6.07) is 5.93. The van der Waals surface area contributed by atoms with Crippen LogP contribution < -0.4 is 10.5 Å². The molecule has 2 aliphatic rings. The number of anilines is 1. The second kappa shape index (κ2) is 10.0. The summed E-state index contributed by atoms with van der Waals surface area (Å²) in [6.07, 6.45) is 8.44. The summed E-state index contributed by atoms with van der Waals surface area (Å²) in [5.74, 6) is 2.04. The van der Waals surface area contributed by atoms with E-state index in [0.29, 0.717) is 23.7 Å². The smallest absolute Gasteiger partial charge is 0.225 e. The molecule has 2 aliphatic heterocycles. The number of hydrogen-bond acceptors (Lipinski definition) is 7. The van der Waals surface area contributed by atoms with Gasteiger partial charge in [0.2, 0.25) is 17.7 Å². The third-order valence-corrected chi connectivity index (χ3v) is 6.48. The van der Waals surface area contributed by atoms with Gasteiger partial charge in [0.25, 0.3) is 0 Å². The zero-order valence-electron chi connectivity index (χ0n) is 18.2. The fraction of sp³-hybridized carbons (Fsp3) is 0.565. The first-order valence-corrected chi connectivity index (χ1v) is 11.2. The molecule has 8 nitrogen and oxygen atoms in total. The van der Waals surface area contributed by atoms with Gasteiger partial charge >= 0.3 is 0 Å². The van der Waals surface area contributed by atoms with Crippen molar-refractivity contribution in [1.29, 1.82) is 0 Å². The minimum Gasteiger partial charge on any atom is -0.481 e. The predicted octanol–water partition coefficient (Wildman–Crippen LogP) is 2.16. The van der Waals surface area contributed by atoms with E-state index in [1.165, 1.54) is 0 Å². The van der Waals surface area contributed by atoms with Crippen molar-refractivity contribution in [3.8, 4) is 5.88 Å². The SMILES string of the molecule is COc1cccc(CC2CCN(C(=O)C3CCN(Cc4cnc(N)nc4)CC3)CC2)n1. The lowest BCUT2D eigenvalue weighted by Crippen LogP contribution is -2.45. The van der Waals surface area contributed by atoms with Gasteiger partial charge in [-0.25, -0.2) is 15.0 Å². The van der Waals surface area contributed by atoms with E-state index in [2.05, 4.69) is 30.8 Å². The van der Waals surface area contributed by atoms with Gasteiger partial charge in [-0.3, -0.25) is 9.69 Å². The summed E-state index contributed by atoms with van der Waals surface area (Å²) >= 11 is 0. The molecule has 2 fully saturated rings.